The number of ether oxygens (including phenoxy) is 3. The average molecular weight is 297 g/mol. The first-order valence-electron chi connectivity index (χ1n) is 6.40. The van der Waals surface area contributed by atoms with Crippen molar-refractivity contribution in [3.63, 3.8) is 0 Å². The minimum atomic E-state index is -0.806. The summed E-state index contributed by atoms with van der Waals surface area (Å²) in [7, 11) is 0. The van der Waals surface area contributed by atoms with Gasteiger partial charge in [0.15, 0.2) is 6.10 Å². The molecule has 1 heterocycles. The van der Waals surface area contributed by atoms with Crippen molar-refractivity contribution in [1.82, 2.24) is 4.98 Å². The van der Waals surface area contributed by atoms with Gasteiger partial charge in [0.25, 0.3) is 0 Å². The number of terminal acetylenes is 1. The lowest BCUT2D eigenvalue weighted by Gasteiger charge is -2.18. The molecule has 1 aromatic heterocycles. The molecule has 20 heavy (non-hydrogen) atoms. The monoisotopic (exact) mass is 297 g/mol. The Bertz CT molecular complexity index is 427. The standard InChI is InChI=1S/C14H19NO4S/c1-4-6-7-18-11(3)8-19-13(14(16)17-5-2)12-9-20-10-15-12/h1,9-11,13H,5-8H2,2-3H3. The number of carbonyl (C=O) groups excluding carboxylic acids is 1. The molecule has 0 aromatic carbocycles. The van der Waals surface area contributed by atoms with Gasteiger partial charge in [0.05, 0.1) is 37.1 Å². The third-order valence-electron chi connectivity index (χ3n) is 2.37. The van der Waals surface area contributed by atoms with E-state index in [4.69, 9.17) is 20.6 Å². The third-order valence-corrected chi connectivity index (χ3v) is 2.97. The molecular weight excluding hydrogens is 278 g/mol. The number of rotatable bonds is 9. The molecule has 6 heteroatoms. The molecule has 0 aliphatic rings. The van der Waals surface area contributed by atoms with Gasteiger partial charge in [-0.1, -0.05) is 0 Å². The maximum Gasteiger partial charge on any atom is 0.341 e. The molecule has 0 radical (unpaired) electrons. The van der Waals surface area contributed by atoms with Crippen molar-refractivity contribution in [2.24, 2.45) is 0 Å². The van der Waals surface area contributed by atoms with Gasteiger partial charge in [-0.05, 0) is 13.8 Å². The largest absolute Gasteiger partial charge is 0.464 e. The molecule has 0 amide bonds. The highest BCUT2D eigenvalue weighted by atomic mass is 32.1. The minimum absolute atomic E-state index is 0.154. The maximum atomic E-state index is 11.9. The first-order valence-corrected chi connectivity index (χ1v) is 7.34. The highest BCUT2D eigenvalue weighted by Crippen LogP contribution is 2.19. The summed E-state index contributed by atoms with van der Waals surface area (Å²) in [6.45, 7) is 4.66. The molecule has 1 rings (SSSR count). The predicted octanol–water partition coefficient (Wildman–Crippen LogP) is 2.19. The van der Waals surface area contributed by atoms with Crippen molar-refractivity contribution in [3.05, 3.63) is 16.6 Å². The Morgan fingerprint density at radius 1 is 1.55 bits per heavy atom. The van der Waals surface area contributed by atoms with E-state index in [-0.39, 0.29) is 12.7 Å². The van der Waals surface area contributed by atoms with Crippen LogP contribution >= 0.6 is 11.3 Å². The van der Waals surface area contributed by atoms with Crippen LogP contribution in [0.15, 0.2) is 10.9 Å². The molecule has 0 N–H and O–H groups in total. The van der Waals surface area contributed by atoms with E-state index >= 15 is 0 Å². The zero-order valence-corrected chi connectivity index (χ0v) is 12.5. The van der Waals surface area contributed by atoms with Crippen LogP contribution in [-0.4, -0.2) is 36.9 Å². The lowest BCUT2D eigenvalue weighted by Crippen LogP contribution is -2.24. The molecule has 0 aliphatic heterocycles. The Balaban J connectivity index is 2.49. The van der Waals surface area contributed by atoms with Crippen molar-refractivity contribution >= 4 is 17.3 Å². The van der Waals surface area contributed by atoms with Crippen molar-refractivity contribution in [1.29, 1.82) is 0 Å². The Morgan fingerprint density at radius 2 is 2.35 bits per heavy atom. The number of nitrogens with zero attached hydrogens (tertiary/aromatic N) is 1. The number of thiazole rings is 1. The molecule has 0 saturated carbocycles. The van der Waals surface area contributed by atoms with E-state index in [1.807, 2.05) is 6.92 Å². The predicted molar refractivity (Wildman–Crippen MR) is 76.3 cm³/mol. The minimum Gasteiger partial charge on any atom is -0.464 e. The zero-order valence-electron chi connectivity index (χ0n) is 11.7. The van der Waals surface area contributed by atoms with E-state index in [0.717, 1.165) is 0 Å². The summed E-state index contributed by atoms with van der Waals surface area (Å²) < 4.78 is 16.0. The Kier molecular flexibility index (Phi) is 7.88. The van der Waals surface area contributed by atoms with Crippen LogP contribution in [0.2, 0.25) is 0 Å². The van der Waals surface area contributed by atoms with E-state index in [1.165, 1.54) is 11.3 Å². The quantitative estimate of drug-likeness (QED) is 0.397. The summed E-state index contributed by atoms with van der Waals surface area (Å²) in [6, 6.07) is 0. The Morgan fingerprint density at radius 3 is 2.95 bits per heavy atom. The third kappa shape index (κ3) is 5.70. The smallest absolute Gasteiger partial charge is 0.341 e. The van der Waals surface area contributed by atoms with E-state index in [2.05, 4.69) is 10.9 Å². The Hall–Kier alpha value is -1.42. The van der Waals surface area contributed by atoms with Gasteiger partial charge >= 0.3 is 5.97 Å². The zero-order chi connectivity index (χ0) is 14.8. The van der Waals surface area contributed by atoms with Crippen LogP contribution in [0.5, 0.6) is 0 Å². The van der Waals surface area contributed by atoms with Gasteiger partial charge < -0.3 is 14.2 Å². The van der Waals surface area contributed by atoms with Crippen LogP contribution in [0.25, 0.3) is 0 Å². The van der Waals surface area contributed by atoms with Crippen molar-refractivity contribution in [2.45, 2.75) is 32.5 Å². The van der Waals surface area contributed by atoms with Crippen LogP contribution in [0.1, 0.15) is 32.1 Å². The molecule has 2 atom stereocenters. The molecule has 0 spiro atoms. The fraction of sp³-hybridized carbons (Fsp3) is 0.571. The van der Waals surface area contributed by atoms with Gasteiger partial charge in [-0.2, -0.15) is 0 Å². The van der Waals surface area contributed by atoms with Gasteiger partial charge in [-0.15, -0.1) is 23.7 Å². The summed E-state index contributed by atoms with van der Waals surface area (Å²) in [6.07, 6.45) is 4.74. The topological polar surface area (TPSA) is 57.7 Å². The van der Waals surface area contributed by atoms with E-state index in [9.17, 15) is 4.79 Å². The van der Waals surface area contributed by atoms with Crippen LogP contribution in [0.3, 0.4) is 0 Å². The molecule has 1 aromatic rings. The highest BCUT2D eigenvalue weighted by molar-refractivity contribution is 7.07. The van der Waals surface area contributed by atoms with E-state index in [0.29, 0.717) is 25.3 Å². The summed E-state index contributed by atoms with van der Waals surface area (Å²) in [5.41, 5.74) is 2.21. The lowest BCUT2D eigenvalue weighted by molar-refractivity contribution is -0.160. The molecule has 0 saturated heterocycles. The van der Waals surface area contributed by atoms with Crippen LogP contribution in [-0.2, 0) is 19.0 Å². The second-order valence-corrected chi connectivity index (χ2v) is 4.73. The van der Waals surface area contributed by atoms with Crippen LogP contribution < -0.4 is 0 Å². The number of hydrogen-bond donors (Lipinski definition) is 0. The second-order valence-electron chi connectivity index (χ2n) is 4.01. The maximum absolute atomic E-state index is 11.9. The SMILES string of the molecule is C#CCCOC(C)COC(C(=O)OCC)c1cscn1. The molecule has 0 aliphatic carbocycles. The summed E-state index contributed by atoms with van der Waals surface area (Å²) in [5.74, 6) is 2.06. The van der Waals surface area contributed by atoms with Crippen LogP contribution in [0.4, 0.5) is 0 Å². The van der Waals surface area contributed by atoms with Crippen molar-refractivity contribution in [3.8, 4) is 12.3 Å². The van der Waals surface area contributed by atoms with Crippen molar-refractivity contribution < 1.29 is 19.0 Å². The molecule has 2 unspecified atom stereocenters. The first kappa shape index (κ1) is 16.6. The van der Waals surface area contributed by atoms with E-state index in [1.54, 1.807) is 17.8 Å². The summed E-state index contributed by atoms with van der Waals surface area (Å²) >= 11 is 1.40. The Labute approximate surface area is 123 Å². The molecule has 5 nitrogen and oxygen atoms in total. The van der Waals surface area contributed by atoms with E-state index < -0.39 is 12.1 Å². The second kappa shape index (κ2) is 9.48. The number of hydrogen-bond acceptors (Lipinski definition) is 6. The number of aromatic nitrogens is 1. The summed E-state index contributed by atoms with van der Waals surface area (Å²) in [4.78, 5) is 16.0. The average Bonchev–Trinajstić information content (AvgIpc) is 2.93. The summed E-state index contributed by atoms with van der Waals surface area (Å²) in [5, 5.41) is 1.77. The first-order chi connectivity index (χ1) is 9.69. The number of carbonyl (C=O) groups is 1. The fourth-order valence-electron chi connectivity index (χ4n) is 1.44. The molecular formula is C14H19NO4S. The van der Waals surface area contributed by atoms with Gasteiger partial charge in [0.2, 0.25) is 0 Å². The number of esters is 1. The van der Waals surface area contributed by atoms with Gasteiger partial charge in [-0.3, -0.25) is 0 Å². The van der Waals surface area contributed by atoms with Crippen molar-refractivity contribution in [2.75, 3.05) is 19.8 Å². The molecule has 110 valence electrons. The van der Waals surface area contributed by atoms with Crippen LogP contribution in [0, 0.1) is 12.3 Å². The molecule has 0 fully saturated rings. The van der Waals surface area contributed by atoms with Gasteiger partial charge in [0.1, 0.15) is 0 Å². The normalized spacial score (nSPS) is 13.4. The highest BCUT2D eigenvalue weighted by Gasteiger charge is 2.25. The lowest BCUT2D eigenvalue weighted by atomic mass is 10.3. The fourth-order valence-corrected chi connectivity index (χ4v) is 2.01. The molecule has 0 bridgehead atoms. The van der Waals surface area contributed by atoms with Gasteiger partial charge in [0, 0.05) is 11.8 Å². The van der Waals surface area contributed by atoms with Gasteiger partial charge in [-0.25, -0.2) is 9.78 Å².